The molecular formula is C110H196BrCl5O4P6. The summed E-state index contributed by atoms with van der Waals surface area (Å²) in [4.78, 5) is 22.8. The highest BCUT2D eigenvalue weighted by Crippen LogP contribution is 2.65. The standard InChI is InChI=1S/3C21H36P.C18H36O2P.C17H34O2P.C12H18P.BrH.5ClH/c1-5-7-8-9-10-11-12-13-18-22(3,4)19-21-16-14-20(6-2)15-17-21;1-5-9-16-22(17-10-6-2,18-11-7-3)19-21-14-12-20(8-4)13-15-21;1-5-9-15-22(16-10-6-2,17-11-7-3)19-21-14-12-13-20(8-4)18-21;1-6-9-13-21(14-10-7-2,15-11-8-3)16-12-20-18(19)17(4)5;1-5-9-13-20(14-10-6-2,15-11-7-3)16-12-19-17(18)8-4;1-5-11-6-8-12(9-7-11)10-13(2,3)4;;;;;;/h6,14-17H,2,5,7-13,18-19H2,1,3-4H3;8,12-15H,4-7,9-11,16-19H2,1-3H3;8,12-14,18H,4-7,9-11,15-17,19H2,1-3H3;4,6-16H2,1-3,5H3;8H,4-7,9-16H2,1-3H3;5-9H,1,10H2,2-4H3;6*1H/q6*+1;;;;;;/p-6. The Hall–Kier alpha value is -1.23. The predicted molar refractivity (Wildman–Crippen MR) is 574 cm³/mol. The third-order valence-electron chi connectivity index (χ3n) is 23.7. The minimum atomic E-state index is -0.939. The summed E-state index contributed by atoms with van der Waals surface area (Å²) in [6.07, 6.45) is 78.8. The molecule has 0 aliphatic carbocycles. The lowest BCUT2D eigenvalue weighted by Crippen LogP contribution is -3.00. The van der Waals surface area contributed by atoms with E-state index in [-0.39, 0.29) is 91.0 Å². The largest absolute Gasteiger partial charge is 1.00 e. The fourth-order valence-electron chi connectivity index (χ4n) is 15.9. The van der Waals surface area contributed by atoms with Gasteiger partial charge in [-0.05, 0) is 147 Å². The van der Waals surface area contributed by atoms with Crippen molar-refractivity contribution < 1.29 is 98.1 Å². The number of hydrogen-bond acceptors (Lipinski definition) is 4. The van der Waals surface area contributed by atoms with Gasteiger partial charge in [0, 0.05) is 88.5 Å². The van der Waals surface area contributed by atoms with Gasteiger partial charge >= 0.3 is 11.9 Å². The van der Waals surface area contributed by atoms with E-state index in [0.717, 1.165) is 12.3 Å². The average Bonchev–Trinajstić information content (AvgIpc) is 0.850. The first kappa shape index (κ1) is 140. The van der Waals surface area contributed by atoms with E-state index in [1.165, 1.54) is 350 Å². The molecule has 0 atom stereocenters. The Morgan fingerprint density at radius 1 is 0.294 bits per heavy atom. The van der Waals surface area contributed by atoms with E-state index in [4.69, 9.17) is 9.47 Å². The molecule has 4 nitrogen and oxygen atoms in total. The van der Waals surface area contributed by atoms with Gasteiger partial charge in [-0.15, -0.1) is 0 Å². The van der Waals surface area contributed by atoms with Crippen molar-refractivity contribution in [1.82, 2.24) is 0 Å². The van der Waals surface area contributed by atoms with Crippen LogP contribution in [0.25, 0.3) is 24.3 Å². The predicted octanol–water partition coefficient (Wildman–Crippen LogP) is 18.2. The second kappa shape index (κ2) is 90.3. The Morgan fingerprint density at radius 3 is 0.833 bits per heavy atom. The van der Waals surface area contributed by atoms with Crippen LogP contribution in [0.15, 0.2) is 148 Å². The van der Waals surface area contributed by atoms with Crippen molar-refractivity contribution in [3.63, 3.8) is 0 Å². The molecule has 0 unspecified atom stereocenters. The van der Waals surface area contributed by atoms with E-state index in [2.05, 4.69) is 260 Å². The van der Waals surface area contributed by atoms with Crippen LogP contribution < -0.4 is 79.0 Å². The maximum absolute atomic E-state index is 11.6. The van der Waals surface area contributed by atoms with Crippen molar-refractivity contribution in [2.75, 3.05) is 139 Å². The summed E-state index contributed by atoms with van der Waals surface area (Å²) in [6.45, 7) is 67.5. The number of unbranched alkanes of at least 4 members (excludes halogenated alkanes) is 19. The maximum Gasteiger partial charge on any atom is 0.333 e. The zero-order valence-corrected chi connectivity index (χ0v) is 95.7. The number of hydrogen-bond donors (Lipinski definition) is 0. The van der Waals surface area contributed by atoms with Crippen molar-refractivity contribution in [2.45, 2.75) is 327 Å². The van der Waals surface area contributed by atoms with Crippen LogP contribution >= 0.6 is 43.6 Å². The highest BCUT2D eigenvalue weighted by atomic mass is 79.9. The molecule has 16 heteroatoms. The Balaban J connectivity index is -0.000000220. The van der Waals surface area contributed by atoms with Gasteiger partial charge in [0.25, 0.3) is 0 Å². The van der Waals surface area contributed by atoms with E-state index in [9.17, 15) is 9.59 Å². The lowest BCUT2D eigenvalue weighted by molar-refractivity contribution is -0.138. The number of benzene rings is 4. The molecule has 0 aromatic heterocycles. The third kappa shape index (κ3) is 73.1. The van der Waals surface area contributed by atoms with Gasteiger partial charge in [-0.3, -0.25) is 0 Å². The van der Waals surface area contributed by atoms with E-state index in [1.54, 1.807) is 18.1 Å². The Labute approximate surface area is 829 Å². The quantitative estimate of drug-likeness (QED) is 0.0191. The fraction of sp³-hybridized carbons (Fsp3) is 0.655. The van der Waals surface area contributed by atoms with Crippen LogP contribution in [0.1, 0.15) is 347 Å². The monoisotopic (exact) mass is 2020 g/mol. The summed E-state index contributed by atoms with van der Waals surface area (Å²) >= 11 is 0. The third-order valence-corrected chi connectivity index (χ3v) is 47.3. The molecule has 0 saturated carbocycles. The van der Waals surface area contributed by atoms with E-state index < -0.39 is 43.6 Å². The number of ether oxygens (including phenoxy) is 2. The van der Waals surface area contributed by atoms with Gasteiger partial charge in [-0.2, -0.15) is 0 Å². The topological polar surface area (TPSA) is 52.6 Å². The van der Waals surface area contributed by atoms with Crippen molar-refractivity contribution in [2.24, 2.45) is 0 Å². The Kier molecular flexibility index (Phi) is 100. The fourth-order valence-corrected chi connectivity index (χ4v) is 39.4. The molecular weight excluding hydrogens is 1830 g/mol. The van der Waals surface area contributed by atoms with Crippen LogP contribution in [-0.2, 0) is 43.7 Å². The van der Waals surface area contributed by atoms with Crippen molar-refractivity contribution in [3.05, 3.63) is 193 Å². The van der Waals surface area contributed by atoms with Gasteiger partial charge in [0.05, 0.1) is 117 Å². The van der Waals surface area contributed by atoms with Gasteiger partial charge in [0.2, 0.25) is 0 Å². The smallest absolute Gasteiger partial charge is 0.333 e. The van der Waals surface area contributed by atoms with E-state index in [0.29, 0.717) is 18.8 Å². The van der Waals surface area contributed by atoms with Crippen LogP contribution in [-0.4, -0.2) is 151 Å². The normalized spacial score (nSPS) is 10.9. The number of esters is 2. The van der Waals surface area contributed by atoms with Crippen molar-refractivity contribution >= 4 is 79.8 Å². The van der Waals surface area contributed by atoms with Gasteiger partial charge in [0.15, 0.2) is 0 Å². The van der Waals surface area contributed by atoms with Crippen LogP contribution in [0, 0.1) is 0 Å². The second-order valence-corrected chi connectivity index (χ2v) is 64.0. The van der Waals surface area contributed by atoms with Gasteiger partial charge < -0.3 is 88.5 Å². The molecule has 4 aromatic carbocycles. The molecule has 732 valence electrons. The Bertz CT molecular complexity index is 3110. The second-order valence-electron chi connectivity index (χ2n) is 36.9. The first-order valence-electron chi connectivity index (χ1n) is 49.1. The SMILES string of the molecule is C=C(C)C(=O)OCC[P+](CCCC)(CCCC)CCCC.C=CC(=O)OCC[P+](CCCC)(CCCC)CCCC.C=Cc1ccc(C[P+](C)(C)C)cc1.C=Cc1ccc(C[P+](C)(C)CCCCCCCCCC)cc1.C=Cc1ccc(C[P+](CCCC)(CCCC)CCCC)cc1.C=Cc1cccc(C[P+](CCCC)(CCCC)CCCC)c1.[Br-].[Cl-].[Cl-].[Cl-].[Cl-].[Cl-]. The molecule has 0 N–H and O–H groups in total. The molecule has 0 aliphatic heterocycles. The molecule has 0 heterocycles. The summed E-state index contributed by atoms with van der Waals surface area (Å²) in [7, 11) is -4.98. The molecule has 0 saturated heterocycles. The first-order chi connectivity index (χ1) is 57.6. The minimum absolute atomic E-state index is 0. The maximum atomic E-state index is 11.6. The number of halogens is 6. The summed E-state index contributed by atoms with van der Waals surface area (Å²) in [5.74, 6) is -0.501. The molecule has 4 aromatic rings. The average molecular weight is 2030 g/mol. The number of rotatable bonds is 65. The highest BCUT2D eigenvalue weighted by Gasteiger charge is 2.39. The summed E-state index contributed by atoms with van der Waals surface area (Å²) < 4.78 is 10.6. The lowest BCUT2D eigenvalue weighted by Gasteiger charge is -2.28. The zero-order valence-electron chi connectivity index (χ0n) is 84.9. The molecule has 0 bridgehead atoms. The van der Waals surface area contributed by atoms with Crippen LogP contribution in [0.4, 0.5) is 0 Å². The zero-order chi connectivity index (χ0) is 90.1. The number of carbonyl (C=O) groups excluding carboxylic acids is 2. The molecule has 0 radical (unpaired) electrons. The van der Waals surface area contributed by atoms with Crippen LogP contribution in [0.5, 0.6) is 0 Å². The van der Waals surface area contributed by atoms with Crippen molar-refractivity contribution in [3.8, 4) is 0 Å². The Morgan fingerprint density at radius 2 is 0.556 bits per heavy atom. The molecule has 4 rings (SSSR count). The summed E-state index contributed by atoms with van der Waals surface area (Å²) in [6, 6.07) is 35.9. The van der Waals surface area contributed by atoms with E-state index >= 15 is 0 Å². The molecule has 0 spiro atoms. The summed E-state index contributed by atoms with van der Waals surface area (Å²) in [5, 5.41) is 0. The van der Waals surface area contributed by atoms with Gasteiger partial charge in [-0.25, -0.2) is 9.59 Å². The van der Waals surface area contributed by atoms with Crippen molar-refractivity contribution in [1.29, 1.82) is 0 Å². The molecule has 0 amide bonds. The lowest BCUT2D eigenvalue weighted by atomic mass is 10.1. The first-order valence-corrected chi connectivity index (χ1v) is 65.6. The van der Waals surface area contributed by atoms with Crippen LogP contribution in [0.2, 0.25) is 0 Å². The molecule has 0 aliphatic rings. The molecule has 0 fully saturated rings. The van der Waals surface area contributed by atoms with Gasteiger partial charge in [-0.1, -0.05) is 360 Å². The van der Waals surface area contributed by atoms with Gasteiger partial charge in [0.1, 0.15) is 13.2 Å². The van der Waals surface area contributed by atoms with Crippen LogP contribution in [0.3, 0.4) is 0 Å². The molecule has 126 heavy (non-hydrogen) atoms. The minimum Gasteiger partial charge on any atom is -1.00 e. The van der Waals surface area contributed by atoms with E-state index in [1.807, 2.05) is 24.3 Å². The number of carbonyl (C=O) groups is 2. The summed E-state index contributed by atoms with van der Waals surface area (Å²) in [5.41, 5.74) is 11.5. The highest BCUT2D eigenvalue weighted by molar-refractivity contribution is 7.77.